The number of rotatable bonds is 5. The van der Waals surface area contributed by atoms with Gasteiger partial charge in [0.25, 0.3) is 0 Å². The molecule has 1 fully saturated rings. The summed E-state index contributed by atoms with van der Waals surface area (Å²) in [5.74, 6) is 2.12. The van der Waals surface area contributed by atoms with Crippen molar-refractivity contribution in [1.29, 1.82) is 0 Å². The van der Waals surface area contributed by atoms with E-state index in [1.54, 1.807) is 0 Å². The second kappa shape index (κ2) is 7.13. The molecule has 0 amide bonds. The van der Waals surface area contributed by atoms with Crippen LogP contribution in [0.15, 0.2) is 5.10 Å². The molecular formula is C15H31N3. The first-order chi connectivity index (χ1) is 8.49. The smallest absolute Gasteiger partial charge is 0.0281 e. The molecule has 106 valence electrons. The molecule has 0 aliphatic heterocycles. The third kappa shape index (κ3) is 3.98. The maximum absolute atomic E-state index is 4.45. The summed E-state index contributed by atoms with van der Waals surface area (Å²) >= 11 is 0. The molecule has 0 bridgehead atoms. The Bertz CT molecular complexity index is 246. The lowest BCUT2D eigenvalue weighted by atomic mass is 9.71. The zero-order valence-corrected chi connectivity index (χ0v) is 13.1. The quantitative estimate of drug-likeness (QED) is 0.554. The number of nitrogens with zero attached hydrogens (tertiary/aromatic N) is 3. The fourth-order valence-corrected chi connectivity index (χ4v) is 3.37. The van der Waals surface area contributed by atoms with Gasteiger partial charge in [-0.2, -0.15) is 5.10 Å². The van der Waals surface area contributed by atoms with Crippen LogP contribution in [0.25, 0.3) is 0 Å². The van der Waals surface area contributed by atoms with E-state index in [0.717, 1.165) is 17.9 Å². The van der Waals surface area contributed by atoms with Crippen LogP contribution in [0.3, 0.4) is 0 Å². The van der Waals surface area contributed by atoms with Crippen LogP contribution in [0, 0.1) is 17.8 Å². The van der Waals surface area contributed by atoms with Crippen molar-refractivity contribution in [2.75, 3.05) is 27.2 Å². The average Bonchev–Trinajstić information content (AvgIpc) is 2.29. The van der Waals surface area contributed by atoms with Gasteiger partial charge in [-0.3, -0.25) is 0 Å². The van der Waals surface area contributed by atoms with E-state index in [4.69, 9.17) is 0 Å². The summed E-state index contributed by atoms with van der Waals surface area (Å²) in [6.07, 6.45) is 4.81. The average molecular weight is 253 g/mol. The SMILES string of the molecule is CCN(CC)C1CC(C)C(C=NN(C)C)C(C)C1. The second-order valence-corrected chi connectivity index (χ2v) is 5.99. The molecule has 2 unspecified atom stereocenters. The van der Waals surface area contributed by atoms with Crippen LogP contribution in [0.5, 0.6) is 0 Å². The van der Waals surface area contributed by atoms with Crippen LogP contribution in [0.2, 0.25) is 0 Å². The Hall–Kier alpha value is -0.570. The first-order valence-corrected chi connectivity index (χ1v) is 7.45. The van der Waals surface area contributed by atoms with Crippen molar-refractivity contribution < 1.29 is 0 Å². The molecule has 0 aromatic carbocycles. The monoisotopic (exact) mass is 253 g/mol. The molecule has 0 aromatic heterocycles. The van der Waals surface area contributed by atoms with Crippen LogP contribution >= 0.6 is 0 Å². The molecule has 18 heavy (non-hydrogen) atoms. The molecular weight excluding hydrogens is 222 g/mol. The van der Waals surface area contributed by atoms with Crippen molar-refractivity contribution in [2.24, 2.45) is 22.9 Å². The summed E-state index contributed by atoms with van der Waals surface area (Å²) in [6, 6.07) is 0.772. The Balaban J connectivity index is 2.64. The largest absolute Gasteiger partial charge is 0.303 e. The fraction of sp³-hybridized carbons (Fsp3) is 0.933. The highest BCUT2D eigenvalue weighted by molar-refractivity contribution is 5.61. The molecule has 1 rings (SSSR count). The topological polar surface area (TPSA) is 18.8 Å². The van der Waals surface area contributed by atoms with E-state index < -0.39 is 0 Å². The predicted octanol–water partition coefficient (Wildman–Crippen LogP) is 2.93. The van der Waals surface area contributed by atoms with Gasteiger partial charge in [-0.25, -0.2) is 0 Å². The fourth-order valence-electron chi connectivity index (χ4n) is 3.37. The normalized spacial score (nSPS) is 33.3. The van der Waals surface area contributed by atoms with Crippen LogP contribution < -0.4 is 0 Å². The van der Waals surface area contributed by atoms with Gasteiger partial charge in [0.05, 0.1) is 0 Å². The van der Waals surface area contributed by atoms with Gasteiger partial charge in [-0.1, -0.05) is 27.7 Å². The Morgan fingerprint density at radius 1 is 1.06 bits per heavy atom. The van der Waals surface area contributed by atoms with Crippen molar-refractivity contribution in [3.05, 3.63) is 0 Å². The molecule has 0 aromatic rings. The Labute approximate surface area is 113 Å². The zero-order chi connectivity index (χ0) is 13.7. The van der Waals surface area contributed by atoms with E-state index in [9.17, 15) is 0 Å². The molecule has 3 nitrogen and oxygen atoms in total. The van der Waals surface area contributed by atoms with E-state index >= 15 is 0 Å². The standard InChI is InChI=1S/C15H31N3/c1-7-18(8-2)14-9-12(3)15(13(4)10-14)11-16-17(5)6/h11-15H,7-10H2,1-6H3. The third-order valence-corrected chi connectivity index (χ3v) is 4.40. The Morgan fingerprint density at radius 2 is 1.56 bits per heavy atom. The van der Waals surface area contributed by atoms with Crippen LogP contribution in [0.1, 0.15) is 40.5 Å². The maximum Gasteiger partial charge on any atom is 0.0281 e. The molecule has 1 aliphatic carbocycles. The molecule has 0 radical (unpaired) electrons. The minimum Gasteiger partial charge on any atom is -0.303 e. The Morgan fingerprint density at radius 3 is 1.94 bits per heavy atom. The van der Waals surface area contributed by atoms with Gasteiger partial charge in [0.2, 0.25) is 0 Å². The van der Waals surface area contributed by atoms with Crippen molar-refractivity contribution >= 4 is 6.21 Å². The minimum absolute atomic E-state index is 0.638. The van der Waals surface area contributed by atoms with E-state index in [1.165, 1.54) is 25.9 Å². The van der Waals surface area contributed by atoms with Gasteiger partial charge >= 0.3 is 0 Å². The van der Waals surface area contributed by atoms with Crippen LogP contribution in [0.4, 0.5) is 0 Å². The van der Waals surface area contributed by atoms with E-state index in [2.05, 4.69) is 43.9 Å². The van der Waals surface area contributed by atoms with E-state index in [1.807, 2.05) is 19.1 Å². The highest BCUT2D eigenvalue weighted by Gasteiger charge is 2.34. The van der Waals surface area contributed by atoms with Crippen molar-refractivity contribution in [2.45, 2.75) is 46.6 Å². The maximum atomic E-state index is 4.45. The molecule has 2 atom stereocenters. The lowest BCUT2D eigenvalue weighted by Gasteiger charge is -2.42. The van der Waals surface area contributed by atoms with Gasteiger partial charge in [-0.15, -0.1) is 0 Å². The van der Waals surface area contributed by atoms with Crippen LogP contribution in [-0.2, 0) is 0 Å². The lowest BCUT2D eigenvalue weighted by molar-refractivity contribution is 0.0997. The molecule has 3 heteroatoms. The van der Waals surface area contributed by atoms with Gasteiger partial charge in [0.15, 0.2) is 0 Å². The summed E-state index contributed by atoms with van der Waals surface area (Å²) in [5.41, 5.74) is 0. The lowest BCUT2D eigenvalue weighted by Crippen LogP contribution is -2.44. The van der Waals surface area contributed by atoms with Crippen molar-refractivity contribution in [1.82, 2.24) is 9.91 Å². The summed E-state index contributed by atoms with van der Waals surface area (Å²) in [7, 11) is 3.99. The van der Waals surface area contributed by atoms with E-state index in [-0.39, 0.29) is 0 Å². The second-order valence-electron chi connectivity index (χ2n) is 5.99. The van der Waals surface area contributed by atoms with E-state index in [0.29, 0.717) is 5.92 Å². The molecule has 1 aliphatic rings. The van der Waals surface area contributed by atoms with Crippen molar-refractivity contribution in [3.8, 4) is 0 Å². The summed E-state index contributed by atoms with van der Waals surface area (Å²) < 4.78 is 0. The van der Waals surface area contributed by atoms with Gasteiger partial charge in [-0.05, 0) is 37.8 Å². The minimum atomic E-state index is 0.638. The molecule has 0 saturated heterocycles. The van der Waals surface area contributed by atoms with Gasteiger partial charge in [0, 0.05) is 32.3 Å². The molecule has 0 spiro atoms. The number of hydrogen-bond acceptors (Lipinski definition) is 3. The zero-order valence-electron chi connectivity index (χ0n) is 13.1. The number of hydrogen-bond donors (Lipinski definition) is 0. The third-order valence-electron chi connectivity index (χ3n) is 4.40. The summed E-state index contributed by atoms with van der Waals surface area (Å²) in [5, 5.41) is 6.35. The molecule has 0 heterocycles. The highest BCUT2D eigenvalue weighted by atomic mass is 15.4. The first-order valence-electron chi connectivity index (χ1n) is 7.45. The van der Waals surface area contributed by atoms with Gasteiger partial charge in [0.1, 0.15) is 0 Å². The van der Waals surface area contributed by atoms with Gasteiger partial charge < -0.3 is 9.91 Å². The first kappa shape index (κ1) is 15.5. The molecule has 0 N–H and O–H groups in total. The predicted molar refractivity (Wildman–Crippen MR) is 79.9 cm³/mol. The summed E-state index contributed by atoms with van der Waals surface area (Å²) in [6.45, 7) is 11.7. The summed E-state index contributed by atoms with van der Waals surface area (Å²) in [4.78, 5) is 2.62. The Kier molecular flexibility index (Phi) is 6.13. The number of hydrazone groups is 1. The van der Waals surface area contributed by atoms with Crippen LogP contribution in [-0.4, -0.2) is 49.4 Å². The highest BCUT2D eigenvalue weighted by Crippen LogP contribution is 2.35. The van der Waals surface area contributed by atoms with Crippen molar-refractivity contribution in [3.63, 3.8) is 0 Å². The molecule has 1 saturated carbocycles.